The van der Waals surface area contributed by atoms with Crippen molar-refractivity contribution >= 4 is 6.09 Å². The molecule has 0 aliphatic carbocycles. The molecule has 0 bridgehead atoms. The lowest BCUT2D eigenvalue weighted by atomic mass is 9.93. The van der Waals surface area contributed by atoms with Crippen LogP contribution in [0.2, 0.25) is 0 Å². The molecule has 0 saturated carbocycles. The van der Waals surface area contributed by atoms with Gasteiger partial charge in [-0.25, -0.2) is 4.79 Å². The molecule has 4 heteroatoms. The summed E-state index contributed by atoms with van der Waals surface area (Å²) in [4.78, 5) is 13.7. The lowest BCUT2D eigenvalue weighted by molar-refractivity contribution is 0.0668. The molecular weight excluding hydrogens is 240 g/mol. The Morgan fingerprint density at radius 1 is 1.47 bits per heavy atom. The van der Waals surface area contributed by atoms with Gasteiger partial charge in [-0.1, -0.05) is 30.3 Å². The number of likely N-dealkylation sites (tertiary alicyclic amines) is 1. The second-order valence-electron chi connectivity index (χ2n) is 4.93. The van der Waals surface area contributed by atoms with Crippen LogP contribution in [-0.2, 0) is 11.3 Å². The van der Waals surface area contributed by atoms with Crippen molar-refractivity contribution < 1.29 is 9.53 Å². The molecule has 1 amide bonds. The van der Waals surface area contributed by atoms with Crippen LogP contribution in [0, 0.1) is 17.2 Å². The summed E-state index contributed by atoms with van der Waals surface area (Å²) < 4.78 is 5.31. The topological polar surface area (TPSA) is 53.3 Å². The molecule has 0 radical (unpaired) electrons. The number of carbonyl (C=O) groups is 1. The molecule has 1 aromatic rings. The van der Waals surface area contributed by atoms with Gasteiger partial charge in [-0.05, 0) is 25.3 Å². The Morgan fingerprint density at radius 2 is 2.21 bits per heavy atom. The number of rotatable bonds is 2. The average Bonchev–Trinajstić information content (AvgIpc) is 2.45. The van der Waals surface area contributed by atoms with E-state index < -0.39 is 0 Å². The zero-order valence-electron chi connectivity index (χ0n) is 11.1. The van der Waals surface area contributed by atoms with Crippen LogP contribution in [0.15, 0.2) is 30.3 Å². The SMILES string of the molecule is CC1CC(C#N)CCN1C(=O)OCc1ccccc1. The van der Waals surface area contributed by atoms with E-state index in [2.05, 4.69) is 6.07 Å². The van der Waals surface area contributed by atoms with Crippen LogP contribution in [0.1, 0.15) is 25.3 Å². The van der Waals surface area contributed by atoms with Crippen molar-refractivity contribution in [3.05, 3.63) is 35.9 Å². The van der Waals surface area contributed by atoms with E-state index in [1.807, 2.05) is 37.3 Å². The zero-order chi connectivity index (χ0) is 13.7. The van der Waals surface area contributed by atoms with Crippen molar-refractivity contribution in [1.29, 1.82) is 5.26 Å². The van der Waals surface area contributed by atoms with Crippen LogP contribution in [0.4, 0.5) is 4.79 Å². The first kappa shape index (κ1) is 13.4. The van der Waals surface area contributed by atoms with Crippen molar-refractivity contribution in [2.75, 3.05) is 6.54 Å². The molecule has 1 aliphatic heterocycles. The Balaban J connectivity index is 1.85. The molecule has 2 atom stereocenters. The summed E-state index contributed by atoms with van der Waals surface area (Å²) in [5.74, 6) is 0.0631. The van der Waals surface area contributed by atoms with Gasteiger partial charge in [0.25, 0.3) is 0 Å². The third-order valence-electron chi connectivity index (χ3n) is 3.50. The van der Waals surface area contributed by atoms with Gasteiger partial charge in [-0.3, -0.25) is 0 Å². The van der Waals surface area contributed by atoms with E-state index >= 15 is 0 Å². The number of piperidine rings is 1. The number of carbonyl (C=O) groups excluding carboxylic acids is 1. The van der Waals surface area contributed by atoms with E-state index in [4.69, 9.17) is 10.00 Å². The standard InChI is InChI=1S/C15H18N2O2/c1-12-9-14(10-16)7-8-17(12)15(18)19-11-13-5-3-2-4-6-13/h2-6,12,14H,7-9,11H2,1H3. The Morgan fingerprint density at radius 3 is 2.84 bits per heavy atom. The molecule has 1 aromatic carbocycles. The largest absolute Gasteiger partial charge is 0.445 e. The number of ether oxygens (including phenoxy) is 1. The fraction of sp³-hybridized carbons (Fsp3) is 0.467. The van der Waals surface area contributed by atoms with Gasteiger partial charge in [0, 0.05) is 18.5 Å². The summed E-state index contributed by atoms with van der Waals surface area (Å²) in [5, 5.41) is 8.90. The molecule has 100 valence electrons. The van der Waals surface area contributed by atoms with Gasteiger partial charge in [0.2, 0.25) is 0 Å². The van der Waals surface area contributed by atoms with Gasteiger partial charge in [0.1, 0.15) is 6.61 Å². The first-order chi connectivity index (χ1) is 9.20. The summed E-state index contributed by atoms with van der Waals surface area (Å²) in [6, 6.07) is 12.0. The molecule has 1 fully saturated rings. The van der Waals surface area contributed by atoms with Crippen molar-refractivity contribution in [2.45, 2.75) is 32.4 Å². The summed E-state index contributed by atoms with van der Waals surface area (Å²) in [5.41, 5.74) is 0.982. The maximum Gasteiger partial charge on any atom is 0.410 e. The third kappa shape index (κ3) is 3.47. The predicted octanol–water partition coefficient (Wildman–Crippen LogP) is 2.95. The van der Waals surface area contributed by atoms with E-state index in [0.29, 0.717) is 13.2 Å². The smallest absolute Gasteiger partial charge is 0.410 e. The van der Waals surface area contributed by atoms with Crippen LogP contribution in [0.25, 0.3) is 0 Å². The number of amides is 1. The molecule has 0 N–H and O–H groups in total. The Hall–Kier alpha value is -2.02. The number of benzene rings is 1. The second-order valence-corrected chi connectivity index (χ2v) is 4.93. The molecule has 1 aliphatic rings. The summed E-state index contributed by atoms with van der Waals surface area (Å²) in [6.45, 7) is 2.87. The molecule has 1 saturated heterocycles. The molecule has 19 heavy (non-hydrogen) atoms. The van der Waals surface area contributed by atoms with Gasteiger partial charge in [-0.2, -0.15) is 5.26 Å². The third-order valence-corrected chi connectivity index (χ3v) is 3.50. The van der Waals surface area contributed by atoms with E-state index in [9.17, 15) is 4.79 Å². The predicted molar refractivity (Wildman–Crippen MR) is 71.1 cm³/mol. The van der Waals surface area contributed by atoms with Gasteiger partial charge in [0.15, 0.2) is 0 Å². The highest BCUT2D eigenvalue weighted by molar-refractivity contribution is 5.68. The van der Waals surface area contributed by atoms with Crippen molar-refractivity contribution in [3.63, 3.8) is 0 Å². The monoisotopic (exact) mass is 258 g/mol. The summed E-state index contributed by atoms with van der Waals surface area (Å²) >= 11 is 0. The molecule has 2 unspecified atom stereocenters. The average molecular weight is 258 g/mol. The minimum absolute atomic E-state index is 0.0631. The van der Waals surface area contributed by atoms with E-state index in [0.717, 1.165) is 18.4 Å². The molecule has 0 aromatic heterocycles. The summed E-state index contributed by atoms with van der Waals surface area (Å²) in [7, 11) is 0. The lowest BCUT2D eigenvalue weighted by Gasteiger charge is -2.34. The highest BCUT2D eigenvalue weighted by atomic mass is 16.6. The normalized spacial score (nSPS) is 22.6. The van der Waals surface area contributed by atoms with Crippen LogP contribution >= 0.6 is 0 Å². The first-order valence-electron chi connectivity index (χ1n) is 6.57. The van der Waals surface area contributed by atoms with Crippen molar-refractivity contribution in [3.8, 4) is 6.07 Å². The first-order valence-corrected chi connectivity index (χ1v) is 6.57. The fourth-order valence-electron chi connectivity index (χ4n) is 2.36. The second kappa shape index (κ2) is 6.24. The van der Waals surface area contributed by atoms with Crippen LogP contribution in [-0.4, -0.2) is 23.6 Å². The number of nitrogens with zero attached hydrogens (tertiary/aromatic N) is 2. The molecule has 4 nitrogen and oxygen atoms in total. The Bertz CT molecular complexity index is 467. The highest BCUT2D eigenvalue weighted by Crippen LogP contribution is 2.22. The number of hydrogen-bond donors (Lipinski definition) is 0. The van der Waals surface area contributed by atoms with E-state index in [1.165, 1.54) is 0 Å². The number of nitriles is 1. The van der Waals surface area contributed by atoms with Gasteiger partial charge in [0.05, 0.1) is 6.07 Å². The lowest BCUT2D eigenvalue weighted by Crippen LogP contribution is -2.44. The summed E-state index contributed by atoms with van der Waals surface area (Å²) in [6.07, 6.45) is 1.19. The minimum Gasteiger partial charge on any atom is -0.445 e. The van der Waals surface area contributed by atoms with Crippen LogP contribution < -0.4 is 0 Å². The van der Waals surface area contributed by atoms with Crippen molar-refractivity contribution in [2.24, 2.45) is 5.92 Å². The van der Waals surface area contributed by atoms with Gasteiger partial charge < -0.3 is 9.64 Å². The molecule has 2 rings (SSSR count). The molecular formula is C15H18N2O2. The van der Waals surface area contributed by atoms with Crippen molar-refractivity contribution in [1.82, 2.24) is 4.90 Å². The quantitative estimate of drug-likeness (QED) is 0.819. The minimum atomic E-state index is -0.284. The van der Waals surface area contributed by atoms with Crippen LogP contribution in [0.3, 0.4) is 0 Å². The van der Waals surface area contributed by atoms with E-state index in [1.54, 1.807) is 4.90 Å². The zero-order valence-corrected chi connectivity index (χ0v) is 11.1. The fourth-order valence-corrected chi connectivity index (χ4v) is 2.36. The molecule has 0 spiro atoms. The number of hydrogen-bond acceptors (Lipinski definition) is 3. The maximum absolute atomic E-state index is 12.0. The van der Waals surface area contributed by atoms with Gasteiger partial charge >= 0.3 is 6.09 Å². The van der Waals surface area contributed by atoms with Crippen LogP contribution in [0.5, 0.6) is 0 Å². The molecule has 1 heterocycles. The Kier molecular flexibility index (Phi) is 4.40. The Labute approximate surface area is 113 Å². The van der Waals surface area contributed by atoms with E-state index in [-0.39, 0.29) is 18.1 Å². The van der Waals surface area contributed by atoms with Gasteiger partial charge in [-0.15, -0.1) is 0 Å². The maximum atomic E-state index is 12.0. The highest BCUT2D eigenvalue weighted by Gasteiger charge is 2.29.